The molecule has 2 aromatic carbocycles. The molecule has 3 aromatic rings. The fourth-order valence-corrected chi connectivity index (χ4v) is 3.59. The highest BCUT2D eigenvalue weighted by Crippen LogP contribution is 2.24. The first-order chi connectivity index (χ1) is 14.0. The summed E-state index contributed by atoms with van der Waals surface area (Å²) >= 11 is 0. The maximum absolute atomic E-state index is 13.9. The van der Waals surface area contributed by atoms with E-state index in [0.29, 0.717) is 60.6 Å². The Kier molecular flexibility index (Phi) is 5.31. The van der Waals surface area contributed by atoms with Gasteiger partial charge >= 0.3 is 5.63 Å². The zero-order valence-corrected chi connectivity index (χ0v) is 16.1. The van der Waals surface area contributed by atoms with Crippen LogP contribution in [-0.4, -0.2) is 49.0 Å². The summed E-state index contributed by atoms with van der Waals surface area (Å²) in [6.45, 7) is 2.78. The molecule has 1 aliphatic heterocycles. The number of methoxy groups -OCH3 is 1. The summed E-state index contributed by atoms with van der Waals surface area (Å²) in [5.41, 5.74) is 0.708. The van der Waals surface area contributed by atoms with Gasteiger partial charge in [0, 0.05) is 55.8 Å². The number of halogens is 1. The molecule has 1 amide bonds. The second-order valence-corrected chi connectivity index (χ2v) is 7.00. The van der Waals surface area contributed by atoms with Crippen LogP contribution in [0, 0.1) is 5.82 Å². The molecule has 0 aliphatic carbocycles. The zero-order valence-electron chi connectivity index (χ0n) is 16.1. The first-order valence-corrected chi connectivity index (χ1v) is 9.42. The Balaban J connectivity index is 1.50. The van der Waals surface area contributed by atoms with Gasteiger partial charge in [-0.3, -0.25) is 9.69 Å². The van der Waals surface area contributed by atoms with Gasteiger partial charge in [-0.15, -0.1) is 0 Å². The van der Waals surface area contributed by atoms with Crippen LogP contribution in [0.3, 0.4) is 0 Å². The highest BCUT2D eigenvalue weighted by molar-refractivity contribution is 6.05. The van der Waals surface area contributed by atoms with Gasteiger partial charge in [0.1, 0.15) is 17.1 Å². The van der Waals surface area contributed by atoms with E-state index in [9.17, 15) is 14.0 Å². The molecule has 0 radical (unpaired) electrons. The van der Waals surface area contributed by atoms with Crippen LogP contribution in [0.25, 0.3) is 11.0 Å². The fourth-order valence-electron chi connectivity index (χ4n) is 3.59. The Morgan fingerprint density at radius 3 is 2.59 bits per heavy atom. The van der Waals surface area contributed by atoms with Crippen LogP contribution in [0.2, 0.25) is 0 Å². The Morgan fingerprint density at radius 2 is 1.86 bits per heavy atom. The molecule has 0 bridgehead atoms. The molecule has 29 heavy (non-hydrogen) atoms. The van der Waals surface area contributed by atoms with E-state index in [1.165, 1.54) is 19.2 Å². The van der Waals surface area contributed by atoms with Crippen molar-refractivity contribution in [2.45, 2.75) is 6.54 Å². The summed E-state index contributed by atoms with van der Waals surface area (Å²) in [5.74, 6) is 0.120. The molecule has 150 valence electrons. The van der Waals surface area contributed by atoms with E-state index in [0.717, 1.165) is 0 Å². The van der Waals surface area contributed by atoms with E-state index in [2.05, 4.69) is 4.90 Å². The van der Waals surface area contributed by atoms with Gasteiger partial charge in [0.2, 0.25) is 0 Å². The van der Waals surface area contributed by atoms with Crippen molar-refractivity contribution in [1.29, 1.82) is 0 Å². The molecule has 1 aliphatic rings. The lowest BCUT2D eigenvalue weighted by Gasteiger charge is -2.35. The minimum atomic E-state index is -0.577. The molecule has 0 saturated carbocycles. The van der Waals surface area contributed by atoms with Crippen molar-refractivity contribution in [3.63, 3.8) is 0 Å². The molecular formula is C22H21FN2O4. The molecule has 0 unspecified atom stereocenters. The van der Waals surface area contributed by atoms with Gasteiger partial charge in [0.25, 0.3) is 5.91 Å². The number of ether oxygens (including phenoxy) is 1. The monoisotopic (exact) mass is 396 g/mol. The lowest BCUT2D eigenvalue weighted by atomic mass is 10.1. The first-order valence-electron chi connectivity index (χ1n) is 9.42. The molecule has 1 fully saturated rings. The molecule has 1 aromatic heterocycles. The van der Waals surface area contributed by atoms with Crippen LogP contribution in [0.1, 0.15) is 15.9 Å². The number of hydrogen-bond donors (Lipinski definition) is 0. The normalized spacial score (nSPS) is 14.9. The highest BCUT2D eigenvalue weighted by Gasteiger charge is 2.25. The van der Waals surface area contributed by atoms with Crippen molar-refractivity contribution in [1.82, 2.24) is 9.80 Å². The van der Waals surface area contributed by atoms with Crippen molar-refractivity contribution in [2.24, 2.45) is 0 Å². The molecule has 6 nitrogen and oxygen atoms in total. The first kappa shape index (κ1) is 19.1. The van der Waals surface area contributed by atoms with Crippen molar-refractivity contribution in [3.8, 4) is 5.75 Å². The maximum Gasteiger partial charge on any atom is 0.337 e. The van der Waals surface area contributed by atoms with E-state index in [4.69, 9.17) is 9.15 Å². The lowest BCUT2D eigenvalue weighted by molar-refractivity contribution is 0.0628. The zero-order chi connectivity index (χ0) is 20.4. The summed E-state index contributed by atoms with van der Waals surface area (Å²) in [4.78, 5) is 28.9. The standard InChI is InChI=1S/C22H21FN2O4/c1-28-16-6-7-17-18(13-21(26)29-20(17)12-16)22(27)25-10-8-24(9-11-25)14-15-4-2-3-5-19(15)23/h2-7,12-13H,8-11,14H2,1H3. The second kappa shape index (κ2) is 8.05. The third-order valence-corrected chi connectivity index (χ3v) is 5.19. The number of piperazine rings is 1. The molecule has 0 atom stereocenters. The number of benzene rings is 2. The number of hydrogen-bond acceptors (Lipinski definition) is 5. The second-order valence-electron chi connectivity index (χ2n) is 7.00. The predicted molar refractivity (Wildman–Crippen MR) is 107 cm³/mol. The molecule has 2 heterocycles. The van der Waals surface area contributed by atoms with E-state index in [-0.39, 0.29) is 11.7 Å². The average molecular weight is 396 g/mol. The van der Waals surface area contributed by atoms with Crippen molar-refractivity contribution in [3.05, 3.63) is 75.9 Å². The Bertz CT molecular complexity index is 1100. The number of nitrogens with zero attached hydrogens (tertiary/aromatic N) is 2. The number of amides is 1. The molecule has 7 heteroatoms. The number of fused-ring (bicyclic) bond motifs is 1. The number of carbonyl (C=O) groups is 1. The van der Waals surface area contributed by atoms with Gasteiger partial charge < -0.3 is 14.1 Å². The summed E-state index contributed by atoms with van der Waals surface area (Å²) in [7, 11) is 1.52. The quantitative estimate of drug-likeness (QED) is 0.635. The third kappa shape index (κ3) is 4.00. The van der Waals surface area contributed by atoms with Gasteiger partial charge in [-0.25, -0.2) is 9.18 Å². The summed E-state index contributed by atoms with van der Waals surface area (Å²) < 4.78 is 24.3. The van der Waals surface area contributed by atoms with Crippen LogP contribution < -0.4 is 10.4 Å². The van der Waals surface area contributed by atoms with Gasteiger partial charge in [-0.1, -0.05) is 18.2 Å². The summed E-state index contributed by atoms with van der Waals surface area (Å²) in [5, 5.41) is 0.573. The fraction of sp³-hybridized carbons (Fsp3) is 0.273. The van der Waals surface area contributed by atoms with E-state index in [1.807, 2.05) is 6.07 Å². The molecule has 0 spiro atoms. The van der Waals surface area contributed by atoms with E-state index < -0.39 is 5.63 Å². The molecule has 0 N–H and O–H groups in total. The van der Waals surface area contributed by atoms with Crippen molar-refractivity contribution in [2.75, 3.05) is 33.3 Å². The predicted octanol–water partition coefficient (Wildman–Crippen LogP) is 2.90. The minimum Gasteiger partial charge on any atom is -0.497 e. The third-order valence-electron chi connectivity index (χ3n) is 5.19. The van der Waals surface area contributed by atoms with Gasteiger partial charge in [-0.2, -0.15) is 0 Å². The van der Waals surface area contributed by atoms with Crippen LogP contribution in [0.15, 0.2) is 57.7 Å². The average Bonchev–Trinajstić information content (AvgIpc) is 2.74. The van der Waals surface area contributed by atoms with Crippen LogP contribution in [0.4, 0.5) is 4.39 Å². The SMILES string of the molecule is COc1ccc2c(C(=O)N3CCN(Cc4ccccc4F)CC3)cc(=O)oc2c1. The van der Waals surface area contributed by atoms with Crippen molar-refractivity contribution < 1.29 is 18.3 Å². The van der Waals surface area contributed by atoms with Crippen LogP contribution in [-0.2, 0) is 6.54 Å². The Morgan fingerprint density at radius 1 is 1.10 bits per heavy atom. The molecule has 4 rings (SSSR count). The van der Waals surface area contributed by atoms with Crippen LogP contribution >= 0.6 is 0 Å². The Hall–Kier alpha value is -3.19. The maximum atomic E-state index is 13.9. The van der Waals surface area contributed by atoms with E-state index >= 15 is 0 Å². The van der Waals surface area contributed by atoms with Gasteiger partial charge in [0.15, 0.2) is 0 Å². The Labute approximate surface area is 167 Å². The smallest absolute Gasteiger partial charge is 0.337 e. The number of carbonyl (C=O) groups excluding carboxylic acids is 1. The van der Waals surface area contributed by atoms with Gasteiger partial charge in [-0.05, 0) is 18.2 Å². The molecule has 1 saturated heterocycles. The number of rotatable bonds is 4. The minimum absolute atomic E-state index is 0.210. The summed E-state index contributed by atoms with van der Waals surface area (Å²) in [6.07, 6.45) is 0. The van der Waals surface area contributed by atoms with Crippen molar-refractivity contribution >= 4 is 16.9 Å². The highest BCUT2D eigenvalue weighted by atomic mass is 19.1. The van der Waals surface area contributed by atoms with Gasteiger partial charge in [0.05, 0.1) is 12.7 Å². The van der Waals surface area contributed by atoms with Crippen LogP contribution in [0.5, 0.6) is 5.75 Å². The topological polar surface area (TPSA) is 63.0 Å². The van der Waals surface area contributed by atoms with E-state index in [1.54, 1.807) is 35.2 Å². The molecular weight excluding hydrogens is 375 g/mol. The lowest BCUT2D eigenvalue weighted by Crippen LogP contribution is -2.48. The summed E-state index contributed by atoms with van der Waals surface area (Å²) in [6, 6.07) is 13.0. The largest absolute Gasteiger partial charge is 0.497 e.